The van der Waals surface area contributed by atoms with Crippen LogP contribution in [-0.2, 0) is 0 Å². The van der Waals surface area contributed by atoms with Gasteiger partial charge in [-0.05, 0) is 18.2 Å². The third-order valence-electron chi connectivity index (χ3n) is 3.23. The van der Waals surface area contributed by atoms with Crippen LogP contribution in [-0.4, -0.2) is 21.8 Å². The Balaban J connectivity index is 1.82. The molecule has 2 aromatic carbocycles. The van der Waals surface area contributed by atoms with E-state index in [-0.39, 0.29) is 28.7 Å². The number of nitrogens with two attached hydrogens (primary N) is 2. The number of nitro benzene ring substituents is 1. The van der Waals surface area contributed by atoms with Gasteiger partial charge < -0.3 is 15.9 Å². The second-order valence-electron chi connectivity index (χ2n) is 4.94. The molecular weight excluding hydrogens is 328 g/mol. The Morgan fingerprint density at radius 1 is 1.28 bits per heavy atom. The Hall–Kier alpha value is -3.95. The summed E-state index contributed by atoms with van der Waals surface area (Å²) in [4.78, 5) is 30.1. The molecule has 0 fully saturated rings. The second-order valence-corrected chi connectivity index (χ2v) is 4.94. The van der Waals surface area contributed by atoms with Crippen LogP contribution in [0, 0.1) is 10.1 Å². The van der Waals surface area contributed by atoms with Crippen molar-refractivity contribution >= 4 is 40.4 Å². The fourth-order valence-corrected chi connectivity index (χ4v) is 2.08. The number of para-hydroxylation sites is 1. The molecule has 0 unspecified atom stereocenters. The van der Waals surface area contributed by atoms with Gasteiger partial charge in [-0.25, -0.2) is 0 Å². The van der Waals surface area contributed by atoms with Crippen LogP contribution in [0.4, 0.5) is 17.4 Å². The van der Waals surface area contributed by atoms with Crippen molar-refractivity contribution in [1.82, 2.24) is 10.3 Å². The van der Waals surface area contributed by atoms with Crippen LogP contribution in [0.15, 0.2) is 51.9 Å². The van der Waals surface area contributed by atoms with Gasteiger partial charge in [0.1, 0.15) is 5.52 Å². The summed E-state index contributed by atoms with van der Waals surface area (Å²) in [5.41, 5.74) is 12.3. The molecule has 5 N–H and O–H groups in total. The molecule has 3 rings (SSSR count). The SMILES string of the molecule is N/C(=N\c1nc2cc([N+](=O)[O-])ccc2o1)NC(=O)c1ccccc1N. The number of rotatable bonds is 3. The van der Waals surface area contributed by atoms with Crippen molar-refractivity contribution in [3.63, 3.8) is 0 Å². The molecule has 126 valence electrons. The van der Waals surface area contributed by atoms with Gasteiger partial charge in [-0.15, -0.1) is 0 Å². The summed E-state index contributed by atoms with van der Waals surface area (Å²) < 4.78 is 5.31. The van der Waals surface area contributed by atoms with Gasteiger partial charge in [-0.2, -0.15) is 9.98 Å². The standard InChI is InChI=1S/C15H12N6O4/c16-10-4-2-1-3-9(10)13(22)19-14(17)20-15-18-11-7-8(21(23)24)5-6-12(11)25-15/h1-7H,16H2,(H3,17,18,19,20,22). The van der Waals surface area contributed by atoms with Crippen molar-refractivity contribution < 1.29 is 14.1 Å². The first-order valence-corrected chi connectivity index (χ1v) is 6.99. The molecule has 0 saturated carbocycles. The molecule has 25 heavy (non-hydrogen) atoms. The average molecular weight is 340 g/mol. The van der Waals surface area contributed by atoms with E-state index in [2.05, 4.69) is 15.3 Å². The zero-order valence-corrected chi connectivity index (χ0v) is 12.7. The van der Waals surface area contributed by atoms with Crippen molar-refractivity contribution in [1.29, 1.82) is 0 Å². The molecule has 1 heterocycles. The second kappa shape index (κ2) is 6.28. The van der Waals surface area contributed by atoms with Crippen molar-refractivity contribution in [3.05, 3.63) is 58.1 Å². The molecule has 0 aliphatic heterocycles. The Morgan fingerprint density at radius 2 is 2.04 bits per heavy atom. The highest BCUT2D eigenvalue weighted by atomic mass is 16.6. The van der Waals surface area contributed by atoms with Gasteiger partial charge in [-0.1, -0.05) is 12.1 Å². The first-order valence-electron chi connectivity index (χ1n) is 6.99. The topological polar surface area (TPSA) is 163 Å². The molecule has 0 saturated heterocycles. The van der Waals surface area contributed by atoms with Gasteiger partial charge in [0.25, 0.3) is 11.6 Å². The fraction of sp³-hybridized carbons (Fsp3) is 0. The lowest BCUT2D eigenvalue weighted by molar-refractivity contribution is -0.384. The van der Waals surface area contributed by atoms with E-state index in [9.17, 15) is 14.9 Å². The highest BCUT2D eigenvalue weighted by Gasteiger charge is 2.13. The van der Waals surface area contributed by atoms with Crippen molar-refractivity contribution in [2.45, 2.75) is 0 Å². The summed E-state index contributed by atoms with van der Waals surface area (Å²) in [5, 5.41) is 13.1. The van der Waals surface area contributed by atoms with Crippen LogP contribution in [0.1, 0.15) is 10.4 Å². The Bertz CT molecular complexity index is 1010. The molecule has 0 bridgehead atoms. The van der Waals surface area contributed by atoms with E-state index in [1.807, 2.05) is 0 Å². The minimum atomic E-state index is -0.546. The zero-order chi connectivity index (χ0) is 18.0. The number of guanidine groups is 1. The van der Waals surface area contributed by atoms with Crippen LogP contribution < -0.4 is 16.8 Å². The number of anilines is 1. The van der Waals surface area contributed by atoms with E-state index in [4.69, 9.17) is 15.9 Å². The Labute approximate surface area is 140 Å². The first-order chi connectivity index (χ1) is 11.9. The zero-order valence-electron chi connectivity index (χ0n) is 12.7. The van der Waals surface area contributed by atoms with Gasteiger partial charge in [-0.3, -0.25) is 20.2 Å². The van der Waals surface area contributed by atoms with E-state index >= 15 is 0 Å². The van der Waals surface area contributed by atoms with Crippen molar-refractivity contribution in [2.24, 2.45) is 10.7 Å². The number of non-ortho nitro benzene ring substituents is 1. The number of amides is 1. The number of nitro groups is 1. The lowest BCUT2D eigenvalue weighted by Gasteiger charge is -2.05. The number of aliphatic imine (C=N–C) groups is 1. The van der Waals surface area contributed by atoms with E-state index < -0.39 is 10.8 Å². The number of hydrogen-bond donors (Lipinski definition) is 3. The molecule has 0 aliphatic carbocycles. The number of oxazole rings is 1. The first kappa shape index (κ1) is 15.9. The van der Waals surface area contributed by atoms with Crippen molar-refractivity contribution in [2.75, 3.05) is 5.73 Å². The molecule has 0 spiro atoms. The highest BCUT2D eigenvalue weighted by Crippen LogP contribution is 2.24. The normalized spacial score (nSPS) is 11.4. The van der Waals surface area contributed by atoms with E-state index in [0.717, 1.165) is 0 Å². The van der Waals surface area contributed by atoms with Crippen LogP contribution in [0.2, 0.25) is 0 Å². The van der Waals surface area contributed by atoms with Gasteiger partial charge in [0.15, 0.2) is 5.58 Å². The van der Waals surface area contributed by atoms with Gasteiger partial charge >= 0.3 is 6.01 Å². The maximum absolute atomic E-state index is 12.1. The van der Waals surface area contributed by atoms with E-state index in [0.29, 0.717) is 11.3 Å². The van der Waals surface area contributed by atoms with Crippen LogP contribution in [0.25, 0.3) is 11.1 Å². The number of nitrogens with zero attached hydrogens (tertiary/aromatic N) is 3. The number of carbonyl (C=O) groups is 1. The highest BCUT2D eigenvalue weighted by molar-refractivity contribution is 6.08. The predicted molar refractivity (Wildman–Crippen MR) is 90.3 cm³/mol. The van der Waals surface area contributed by atoms with Gasteiger partial charge in [0, 0.05) is 17.8 Å². The molecular formula is C15H12N6O4. The number of fused-ring (bicyclic) bond motifs is 1. The van der Waals surface area contributed by atoms with Crippen LogP contribution in [0.5, 0.6) is 0 Å². The van der Waals surface area contributed by atoms with Gasteiger partial charge in [0.2, 0.25) is 5.96 Å². The number of nitrogens with one attached hydrogen (secondary N) is 1. The number of carbonyl (C=O) groups excluding carboxylic acids is 1. The summed E-state index contributed by atoms with van der Waals surface area (Å²) in [7, 11) is 0. The number of benzene rings is 2. The molecule has 1 aromatic heterocycles. The summed E-state index contributed by atoms with van der Waals surface area (Å²) in [5.74, 6) is -0.791. The molecule has 0 atom stereocenters. The predicted octanol–water partition coefficient (Wildman–Crippen LogP) is 1.69. The molecule has 0 radical (unpaired) electrons. The maximum Gasteiger partial charge on any atom is 0.325 e. The molecule has 3 aromatic rings. The van der Waals surface area contributed by atoms with Crippen molar-refractivity contribution in [3.8, 4) is 0 Å². The fourth-order valence-electron chi connectivity index (χ4n) is 2.08. The van der Waals surface area contributed by atoms with E-state index in [1.54, 1.807) is 18.2 Å². The molecule has 0 aliphatic rings. The van der Waals surface area contributed by atoms with Crippen LogP contribution >= 0.6 is 0 Å². The lowest BCUT2D eigenvalue weighted by Crippen LogP contribution is -2.36. The molecule has 1 amide bonds. The summed E-state index contributed by atoms with van der Waals surface area (Å²) in [6.07, 6.45) is 0. The number of aromatic nitrogens is 1. The maximum atomic E-state index is 12.1. The smallest absolute Gasteiger partial charge is 0.325 e. The lowest BCUT2D eigenvalue weighted by atomic mass is 10.2. The number of hydrogen-bond acceptors (Lipinski definition) is 7. The van der Waals surface area contributed by atoms with Gasteiger partial charge in [0.05, 0.1) is 10.5 Å². The quantitative estimate of drug-likeness (QED) is 0.215. The molecule has 10 heteroatoms. The summed E-state index contributed by atoms with van der Waals surface area (Å²) in [6.45, 7) is 0. The minimum absolute atomic E-state index is 0.128. The Morgan fingerprint density at radius 3 is 2.76 bits per heavy atom. The Kier molecular flexibility index (Phi) is 4.00. The summed E-state index contributed by atoms with van der Waals surface area (Å²) in [6, 6.07) is 10.3. The number of nitrogen functional groups attached to an aromatic ring is 1. The molecule has 10 nitrogen and oxygen atoms in total. The summed E-state index contributed by atoms with van der Waals surface area (Å²) >= 11 is 0. The average Bonchev–Trinajstić information content (AvgIpc) is 2.95. The van der Waals surface area contributed by atoms with Crippen LogP contribution in [0.3, 0.4) is 0 Å². The third-order valence-corrected chi connectivity index (χ3v) is 3.23. The monoisotopic (exact) mass is 340 g/mol. The minimum Gasteiger partial charge on any atom is -0.422 e. The largest absolute Gasteiger partial charge is 0.422 e. The third kappa shape index (κ3) is 3.37. The van der Waals surface area contributed by atoms with E-state index in [1.165, 1.54) is 24.3 Å².